The van der Waals surface area contributed by atoms with Crippen molar-refractivity contribution in [2.45, 2.75) is 40.0 Å². The molecule has 0 saturated carbocycles. The van der Waals surface area contributed by atoms with Gasteiger partial charge in [0.05, 0.1) is 6.07 Å². The van der Waals surface area contributed by atoms with Gasteiger partial charge >= 0.3 is 0 Å². The average molecular weight is 265 g/mol. The number of likely N-dealkylation sites (tertiary alicyclic amines) is 1. The fourth-order valence-electron chi connectivity index (χ4n) is 2.07. The van der Waals surface area contributed by atoms with E-state index in [1.807, 2.05) is 26.8 Å². The molecule has 5 heteroatoms. The highest BCUT2D eigenvalue weighted by Gasteiger charge is 2.25. The maximum Gasteiger partial charge on any atom is 0.236 e. The molecule has 0 aromatic heterocycles. The Morgan fingerprint density at radius 3 is 2.37 bits per heavy atom. The normalized spacial score (nSPS) is 16.8. The molecule has 0 aromatic carbocycles. The molecule has 0 aliphatic carbocycles. The molecular weight excluding hydrogens is 242 g/mol. The van der Waals surface area contributed by atoms with Crippen molar-refractivity contribution < 1.29 is 9.59 Å². The Labute approximate surface area is 115 Å². The van der Waals surface area contributed by atoms with Crippen molar-refractivity contribution in [2.75, 3.05) is 19.6 Å². The van der Waals surface area contributed by atoms with Crippen LogP contribution in [-0.4, -0.2) is 36.3 Å². The molecule has 1 fully saturated rings. The van der Waals surface area contributed by atoms with Crippen molar-refractivity contribution in [3.05, 3.63) is 0 Å². The van der Waals surface area contributed by atoms with E-state index in [0.29, 0.717) is 25.6 Å². The summed E-state index contributed by atoms with van der Waals surface area (Å²) in [6.07, 6.45) is 1.74. The minimum Gasteiger partial charge on any atom is -0.355 e. The fraction of sp³-hybridized carbons (Fsp3) is 0.786. The average Bonchev–Trinajstić information content (AvgIpc) is 2.35. The van der Waals surface area contributed by atoms with Gasteiger partial charge < -0.3 is 10.2 Å². The monoisotopic (exact) mass is 265 g/mol. The molecule has 1 rings (SSSR count). The number of nitrogens with one attached hydrogen (secondary N) is 1. The van der Waals surface area contributed by atoms with Gasteiger partial charge in [-0.3, -0.25) is 9.59 Å². The second kappa shape index (κ2) is 6.55. The summed E-state index contributed by atoms with van der Waals surface area (Å²) < 4.78 is 0. The van der Waals surface area contributed by atoms with Crippen molar-refractivity contribution in [1.82, 2.24) is 10.2 Å². The van der Waals surface area contributed by atoms with E-state index in [-0.39, 0.29) is 23.7 Å². The molecular formula is C14H23N3O2. The number of amides is 2. The standard InChI is InChI=1S/C14H23N3O2/c1-14(2,3)13(19)16-10-11-5-8-17(9-6-11)12(18)4-7-15/h11H,4-6,8-10H2,1-3H3,(H,16,19). The van der Waals surface area contributed by atoms with Crippen LogP contribution in [0.3, 0.4) is 0 Å². The van der Waals surface area contributed by atoms with Crippen LogP contribution in [0.25, 0.3) is 0 Å². The zero-order valence-corrected chi connectivity index (χ0v) is 12.0. The van der Waals surface area contributed by atoms with Crippen LogP contribution in [0.15, 0.2) is 0 Å². The molecule has 0 spiro atoms. The van der Waals surface area contributed by atoms with E-state index in [4.69, 9.17) is 5.26 Å². The molecule has 19 heavy (non-hydrogen) atoms. The van der Waals surface area contributed by atoms with Crippen LogP contribution >= 0.6 is 0 Å². The van der Waals surface area contributed by atoms with Crippen LogP contribution in [0.5, 0.6) is 0 Å². The Hall–Kier alpha value is -1.57. The number of carbonyl (C=O) groups excluding carboxylic acids is 2. The molecule has 5 nitrogen and oxygen atoms in total. The summed E-state index contributed by atoms with van der Waals surface area (Å²) in [5.74, 6) is 0.410. The highest BCUT2D eigenvalue weighted by molar-refractivity contribution is 5.81. The lowest BCUT2D eigenvalue weighted by Gasteiger charge is -2.32. The maximum atomic E-state index is 11.8. The van der Waals surface area contributed by atoms with E-state index >= 15 is 0 Å². The molecule has 0 aromatic rings. The zero-order valence-electron chi connectivity index (χ0n) is 12.0. The Kier molecular flexibility index (Phi) is 5.34. The van der Waals surface area contributed by atoms with E-state index < -0.39 is 0 Å². The molecule has 1 heterocycles. The summed E-state index contributed by atoms with van der Waals surface area (Å²) in [7, 11) is 0. The highest BCUT2D eigenvalue weighted by Crippen LogP contribution is 2.18. The van der Waals surface area contributed by atoms with E-state index in [0.717, 1.165) is 12.8 Å². The summed E-state index contributed by atoms with van der Waals surface area (Å²) in [5, 5.41) is 11.5. The number of hydrogen-bond acceptors (Lipinski definition) is 3. The summed E-state index contributed by atoms with van der Waals surface area (Å²) >= 11 is 0. The van der Waals surface area contributed by atoms with E-state index in [1.165, 1.54) is 0 Å². The van der Waals surface area contributed by atoms with E-state index in [9.17, 15) is 9.59 Å². The Morgan fingerprint density at radius 1 is 1.32 bits per heavy atom. The molecule has 1 saturated heterocycles. The lowest BCUT2D eigenvalue weighted by atomic mass is 9.93. The summed E-state index contributed by atoms with van der Waals surface area (Å²) in [6, 6.07) is 1.88. The van der Waals surface area contributed by atoms with Crippen molar-refractivity contribution in [3.8, 4) is 6.07 Å². The first kappa shape index (κ1) is 15.5. The van der Waals surface area contributed by atoms with Gasteiger partial charge in [-0.2, -0.15) is 5.26 Å². The summed E-state index contributed by atoms with van der Waals surface area (Å²) in [6.45, 7) is 7.74. The van der Waals surface area contributed by atoms with E-state index in [2.05, 4.69) is 5.32 Å². The first-order valence-corrected chi connectivity index (χ1v) is 6.77. The second-order valence-corrected chi connectivity index (χ2v) is 6.12. The van der Waals surface area contributed by atoms with Gasteiger partial charge in [0.25, 0.3) is 0 Å². The first-order valence-electron chi connectivity index (χ1n) is 6.77. The predicted octanol–water partition coefficient (Wildman–Crippen LogP) is 1.30. The van der Waals surface area contributed by atoms with Gasteiger partial charge in [0.1, 0.15) is 6.42 Å². The minimum absolute atomic E-state index is 0.0363. The Morgan fingerprint density at radius 2 is 1.89 bits per heavy atom. The summed E-state index contributed by atoms with van der Waals surface area (Å²) in [5.41, 5.74) is -0.358. The van der Waals surface area contributed by atoms with Crippen molar-refractivity contribution in [3.63, 3.8) is 0 Å². The maximum absolute atomic E-state index is 11.8. The molecule has 1 aliphatic heterocycles. The van der Waals surface area contributed by atoms with Crippen molar-refractivity contribution >= 4 is 11.8 Å². The highest BCUT2D eigenvalue weighted by atomic mass is 16.2. The number of carbonyl (C=O) groups is 2. The zero-order chi connectivity index (χ0) is 14.5. The van der Waals surface area contributed by atoms with Gasteiger partial charge in [0.2, 0.25) is 11.8 Å². The van der Waals surface area contributed by atoms with Gasteiger partial charge in [-0.05, 0) is 18.8 Å². The van der Waals surface area contributed by atoms with Crippen molar-refractivity contribution in [1.29, 1.82) is 5.26 Å². The lowest BCUT2D eigenvalue weighted by Crippen LogP contribution is -2.43. The number of nitrogens with zero attached hydrogens (tertiary/aromatic N) is 2. The molecule has 106 valence electrons. The fourth-order valence-corrected chi connectivity index (χ4v) is 2.07. The number of rotatable bonds is 3. The largest absolute Gasteiger partial charge is 0.355 e. The SMILES string of the molecule is CC(C)(C)C(=O)NCC1CCN(C(=O)CC#N)CC1. The van der Waals surface area contributed by atoms with Crippen LogP contribution in [-0.2, 0) is 9.59 Å². The molecule has 0 bridgehead atoms. The van der Waals surface area contributed by atoms with Crippen LogP contribution in [0.4, 0.5) is 0 Å². The molecule has 1 N–H and O–H groups in total. The molecule has 2 amide bonds. The minimum atomic E-state index is -0.358. The Bertz CT molecular complexity index is 371. The first-order chi connectivity index (χ1) is 8.84. The van der Waals surface area contributed by atoms with Gasteiger partial charge in [-0.15, -0.1) is 0 Å². The molecule has 1 aliphatic rings. The third-order valence-corrected chi connectivity index (χ3v) is 3.43. The van der Waals surface area contributed by atoms with Gasteiger partial charge in [-0.25, -0.2) is 0 Å². The number of hydrogen-bond donors (Lipinski definition) is 1. The predicted molar refractivity (Wildman–Crippen MR) is 72.0 cm³/mol. The van der Waals surface area contributed by atoms with Gasteiger partial charge in [-0.1, -0.05) is 20.8 Å². The topological polar surface area (TPSA) is 73.2 Å². The molecule has 0 unspecified atom stereocenters. The van der Waals surface area contributed by atoms with Gasteiger partial charge in [0, 0.05) is 25.0 Å². The smallest absolute Gasteiger partial charge is 0.236 e. The Balaban J connectivity index is 2.30. The van der Waals surface area contributed by atoms with E-state index in [1.54, 1.807) is 4.90 Å². The quantitative estimate of drug-likeness (QED) is 0.836. The third kappa shape index (κ3) is 4.90. The van der Waals surface area contributed by atoms with Crippen molar-refractivity contribution in [2.24, 2.45) is 11.3 Å². The summed E-state index contributed by atoms with van der Waals surface area (Å²) in [4.78, 5) is 25.0. The van der Waals surface area contributed by atoms with Crippen LogP contribution in [0.1, 0.15) is 40.0 Å². The number of piperidine rings is 1. The van der Waals surface area contributed by atoms with Crippen LogP contribution in [0.2, 0.25) is 0 Å². The third-order valence-electron chi connectivity index (χ3n) is 3.43. The molecule has 0 radical (unpaired) electrons. The van der Waals surface area contributed by atoms with Gasteiger partial charge in [0.15, 0.2) is 0 Å². The van der Waals surface area contributed by atoms with Crippen LogP contribution < -0.4 is 5.32 Å². The number of nitriles is 1. The van der Waals surface area contributed by atoms with Crippen LogP contribution in [0, 0.1) is 22.7 Å². The second-order valence-electron chi connectivity index (χ2n) is 6.12. The lowest BCUT2D eigenvalue weighted by molar-refractivity contribution is -0.132. The molecule has 0 atom stereocenters.